The number of benzene rings is 2. The fourth-order valence-corrected chi connectivity index (χ4v) is 1.80. The summed E-state index contributed by atoms with van der Waals surface area (Å²) in [7, 11) is 1.91. The van der Waals surface area contributed by atoms with E-state index in [4.69, 9.17) is 10.00 Å². The zero-order valence-electron chi connectivity index (χ0n) is 11.2. The molecule has 0 unspecified atom stereocenters. The second kappa shape index (κ2) is 6.58. The largest absolute Gasteiger partial charge is 0.490 e. The number of hydrogen-bond acceptors (Lipinski definition) is 3. The molecule has 20 heavy (non-hydrogen) atoms. The minimum Gasteiger partial charge on any atom is -0.490 e. The molecule has 3 nitrogen and oxygen atoms in total. The second-order valence-electron chi connectivity index (χ2n) is 4.35. The lowest BCUT2D eigenvalue weighted by atomic mass is 10.2. The average molecular weight is 270 g/mol. The van der Waals surface area contributed by atoms with Gasteiger partial charge < -0.3 is 9.64 Å². The van der Waals surface area contributed by atoms with Crippen LogP contribution in [0.25, 0.3) is 0 Å². The van der Waals surface area contributed by atoms with Gasteiger partial charge in [0.2, 0.25) is 0 Å². The zero-order chi connectivity index (χ0) is 14.4. The summed E-state index contributed by atoms with van der Waals surface area (Å²) in [6.45, 7) is 1.10. The first kappa shape index (κ1) is 13.9. The van der Waals surface area contributed by atoms with Crippen molar-refractivity contribution in [2.45, 2.75) is 0 Å². The van der Waals surface area contributed by atoms with E-state index in [1.807, 2.05) is 18.0 Å². The third-order valence-electron chi connectivity index (χ3n) is 2.96. The van der Waals surface area contributed by atoms with Crippen LogP contribution in [0.15, 0.2) is 48.5 Å². The van der Waals surface area contributed by atoms with Crippen LogP contribution < -0.4 is 9.64 Å². The number of halogens is 1. The van der Waals surface area contributed by atoms with Gasteiger partial charge in [-0.1, -0.05) is 12.1 Å². The summed E-state index contributed by atoms with van der Waals surface area (Å²) in [5, 5.41) is 8.96. The molecule has 0 heterocycles. The SMILES string of the molecule is CN(CCOc1ccccc1C#N)c1ccc(F)cc1. The van der Waals surface area contributed by atoms with E-state index >= 15 is 0 Å². The van der Waals surface area contributed by atoms with E-state index in [9.17, 15) is 4.39 Å². The number of ether oxygens (including phenoxy) is 1. The van der Waals surface area contributed by atoms with E-state index in [2.05, 4.69) is 6.07 Å². The molecule has 4 heteroatoms. The molecule has 0 saturated heterocycles. The number of rotatable bonds is 5. The molecular weight excluding hydrogens is 255 g/mol. The summed E-state index contributed by atoms with van der Waals surface area (Å²) in [5.41, 5.74) is 1.44. The summed E-state index contributed by atoms with van der Waals surface area (Å²) in [6, 6.07) is 15.5. The summed E-state index contributed by atoms with van der Waals surface area (Å²) in [5.74, 6) is 0.337. The molecule has 0 saturated carbocycles. The first-order valence-electron chi connectivity index (χ1n) is 6.29. The lowest BCUT2D eigenvalue weighted by molar-refractivity contribution is 0.325. The van der Waals surface area contributed by atoms with Crippen LogP contribution in [-0.4, -0.2) is 20.2 Å². The van der Waals surface area contributed by atoms with Crippen LogP contribution >= 0.6 is 0 Å². The highest BCUT2D eigenvalue weighted by Gasteiger charge is 2.04. The van der Waals surface area contributed by atoms with Crippen molar-refractivity contribution < 1.29 is 9.13 Å². The number of nitriles is 1. The predicted octanol–water partition coefficient (Wildman–Crippen LogP) is 3.21. The quantitative estimate of drug-likeness (QED) is 0.837. The van der Waals surface area contributed by atoms with Crippen LogP contribution in [0.5, 0.6) is 5.75 Å². The molecule has 0 N–H and O–H groups in total. The first-order valence-corrected chi connectivity index (χ1v) is 6.29. The van der Waals surface area contributed by atoms with Crippen molar-refractivity contribution in [2.75, 3.05) is 25.1 Å². The predicted molar refractivity (Wildman–Crippen MR) is 76.3 cm³/mol. The maximum atomic E-state index is 12.8. The number of nitrogens with zero attached hydrogens (tertiary/aromatic N) is 2. The van der Waals surface area contributed by atoms with Crippen LogP contribution in [0.3, 0.4) is 0 Å². The Kier molecular flexibility index (Phi) is 4.56. The molecule has 0 fully saturated rings. The van der Waals surface area contributed by atoms with Gasteiger partial charge in [-0.25, -0.2) is 4.39 Å². The monoisotopic (exact) mass is 270 g/mol. The first-order chi connectivity index (χ1) is 9.70. The van der Waals surface area contributed by atoms with Gasteiger partial charge >= 0.3 is 0 Å². The van der Waals surface area contributed by atoms with Crippen molar-refractivity contribution in [2.24, 2.45) is 0 Å². The van der Waals surface area contributed by atoms with E-state index in [1.54, 1.807) is 30.3 Å². The Bertz CT molecular complexity index is 605. The Morgan fingerprint density at radius 3 is 2.55 bits per heavy atom. The van der Waals surface area contributed by atoms with Gasteiger partial charge in [-0.2, -0.15) is 5.26 Å². The molecule has 0 bridgehead atoms. The summed E-state index contributed by atoms with van der Waals surface area (Å²) >= 11 is 0. The average Bonchev–Trinajstić information content (AvgIpc) is 2.48. The maximum Gasteiger partial charge on any atom is 0.137 e. The van der Waals surface area contributed by atoms with Gasteiger partial charge in [0.05, 0.1) is 12.1 Å². The van der Waals surface area contributed by atoms with Crippen LogP contribution in [0.4, 0.5) is 10.1 Å². The minimum absolute atomic E-state index is 0.249. The molecule has 0 aliphatic rings. The molecule has 2 aromatic carbocycles. The summed E-state index contributed by atoms with van der Waals surface area (Å²) < 4.78 is 18.4. The topological polar surface area (TPSA) is 36.3 Å². The Hall–Kier alpha value is -2.54. The van der Waals surface area contributed by atoms with E-state index in [0.717, 1.165) is 5.69 Å². The third kappa shape index (κ3) is 3.48. The fraction of sp³-hybridized carbons (Fsp3) is 0.188. The smallest absolute Gasteiger partial charge is 0.137 e. The van der Waals surface area contributed by atoms with E-state index < -0.39 is 0 Å². The van der Waals surface area contributed by atoms with Crippen LogP contribution in [0.2, 0.25) is 0 Å². The Labute approximate surface area is 117 Å². The Morgan fingerprint density at radius 1 is 1.15 bits per heavy atom. The van der Waals surface area contributed by atoms with E-state index in [-0.39, 0.29) is 5.82 Å². The van der Waals surface area contributed by atoms with Crippen LogP contribution in [0.1, 0.15) is 5.56 Å². The molecule has 0 spiro atoms. The molecule has 2 rings (SSSR count). The molecule has 102 valence electrons. The highest BCUT2D eigenvalue weighted by Crippen LogP contribution is 2.17. The van der Waals surface area contributed by atoms with Crippen molar-refractivity contribution in [1.82, 2.24) is 0 Å². The van der Waals surface area contributed by atoms with Gasteiger partial charge in [-0.15, -0.1) is 0 Å². The van der Waals surface area contributed by atoms with Crippen molar-refractivity contribution in [3.05, 3.63) is 59.9 Å². The molecule has 0 aromatic heterocycles. The van der Waals surface area contributed by atoms with E-state index in [0.29, 0.717) is 24.5 Å². The normalized spacial score (nSPS) is 9.85. The molecule has 0 radical (unpaired) electrons. The molecule has 0 atom stereocenters. The van der Waals surface area contributed by atoms with Crippen LogP contribution in [0, 0.1) is 17.1 Å². The van der Waals surface area contributed by atoms with Crippen molar-refractivity contribution >= 4 is 5.69 Å². The van der Waals surface area contributed by atoms with Crippen molar-refractivity contribution in [3.63, 3.8) is 0 Å². The third-order valence-corrected chi connectivity index (χ3v) is 2.96. The van der Waals surface area contributed by atoms with E-state index in [1.165, 1.54) is 12.1 Å². The zero-order valence-corrected chi connectivity index (χ0v) is 11.2. The fourth-order valence-electron chi connectivity index (χ4n) is 1.80. The number of likely N-dealkylation sites (N-methyl/N-ethyl adjacent to an activating group) is 1. The van der Waals surface area contributed by atoms with Gasteiger partial charge in [0.25, 0.3) is 0 Å². The van der Waals surface area contributed by atoms with Gasteiger partial charge in [-0.05, 0) is 36.4 Å². The van der Waals surface area contributed by atoms with Gasteiger partial charge in [-0.3, -0.25) is 0 Å². The summed E-state index contributed by atoms with van der Waals surface area (Å²) in [6.07, 6.45) is 0. The molecule has 0 aliphatic carbocycles. The van der Waals surface area contributed by atoms with Crippen molar-refractivity contribution in [3.8, 4) is 11.8 Å². The lowest BCUT2D eigenvalue weighted by Gasteiger charge is -2.19. The lowest BCUT2D eigenvalue weighted by Crippen LogP contribution is -2.23. The number of hydrogen-bond donors (Lipinski definition) is 0. The summed E-state index contributed by atoms with van der Waals surface area (Å²) in [4.78, 5) is 1.97. The molecule has 0 amide bonds. The minimum atomic E-state index is -0.249. The van der Waals surface area contributed by atoms with Crippen molar-refractivity contribution in [1.29, 1.82) is 5.26 Å². The highest BCUT2D eigenvalue weighted by molar-refractivity contribution is 5.45. The van der Waals surface area contributed by atoms with Gasteiger partial charge in [0.15, 0.2) is 0 Å². The van der Waals surface area contributed by atoms with Gasteiger partial charge in [0, 0.05) is 12.7 Å². The Morgan fingerprint density at radius 2 is 1.85 bits per heavy atom. The molecule has 2 aromatic rings. The Balaban J connectivity index is 1.90. The number of para-hydroxylation sites is 1. The molecule has 0 aliphatic heterocycles. The van der Waals surface area contributed by atoms with Gasteiger partial charge in [0.1, 0.15) is 24.2 Å². The van der Waals surface area contributed by atoms with Crippen LogP contribution in [-0.2, 0) is 0 Å². The highest BCUT2D eigenvalue weighted by atomic mass is 19.1. The number of anilines is 1. The molecular formula is C16H15FN2O. The maximum absolute atomic E-state index is 12.8. The second-order valence-corrected chi connectivity index (χ2v) is 4.35. The standard InChI is InChI=1S/C16H15FN2O/c1-19(15-8-6-14(17)7-9-15)10-11-20-16-5-3-2-4-13(16)12-18/h2-9H,10-11H2,1H3.